The summed E-state index contributed by atoms with van der Waals surface area (Å²) in [5, 5.41) is 12.4. The highest BCUT2D eigenvalue weighted by Gasteiger charge is 2.26. The molecule has 2 N–H and O–H groups in total. The molecule has 0 aliphatic carbocycles. The minimum atomic E-state index is -0.960. The number of piperazine rings is 1. The van der Waals surface area contributed by atoms with E-state index in [-0.39, 0.29) is 12.3 Å². The molecular weight excluding hydrogens is 398 g/mol. The summed E-state index contributed by atoms with van der Waals surface area (Å²) in [4.78, 5) is 28.5. The molecule has 0 spiro atoms. The number of carbonyl (C=O) groups is 2. The number of carbonyl (C=O) groups excluding carboxylic acids is 1. The zero-order valence-electron chi connectivity index (χ0n) is 17.9. The molecule has 2 aromatic carbocycles. The molecule has 8 heteroatoms. The zero-order valence-corrected chi connectivity index (χ0v) is 17.9. The molecule has 1 amide bonds. The first kappa shape index (κ1) is 22.4. The average molecular weight is 428 g/mol. The Morgan fingerprint density at radius 2 is 1.68 bits per heavy atom. The number of amides is 1. The molecule has 0 bridgehead atoms. The van der Waals surface area contributed by atoms with Crippen molar-refractivity contribution in [3.63, 3.8) is 0 Å². The molecular formula is C23H29N3O5. The topological polar surface area (TPSA) is 91.3 Å². The first-order valence-electron chi connectivity index (χ1n) is 10.3. The Morgan fingerprint density at radius 3 is 2.29 bits per heavy atom. The lowest BCUT2D eigenvalue weighted by Gasteiger charge is -2.37. The molecule has 1 aliphatic rings. The molecule has 8 nitrogen and oxygen atoms in total. The molecule has 1 aliphatic heterocycles. The number of methoxy groups -OCH3 is 2. The summed E-state index contributed by atoms with van der Waals surface area (Å²) >= 11 is 0. The number of nitrogens with one attached hydrogen (secondary N) is 1. The van der Waals surface area contributed by atoms with E-state index in [1.54, 1.807) is 38.5 Å². The number of nitrogens with zero attached hydrogens (tertiary/aromatic N) is 2. The van der Waals surface area contributed by atoms with E-state index in [0.717, 1.165) is 37.6 Å². The van der Waals surface area contributed by atoms with Gasteiger partial charge >= 0.3 is 5.97 Å². The molecule has 0 unspecified atom stereocenters. The molecule has 1 heterocycles. The Balaban J connectivity index is 1.50. The van der Waals surface area contributed by atoms with E-state index in [1.807, 2.05) is 24.3 Å². The van der Waals surface area contributed by atoms with Crippen LogP contribution in [0.1, 0.15) is 6.42 Å². The van der Waals surface area contributed by atoms with Crippen molar-refractivity contribution in [3.05, 3.63) is 48.5 Å². The normalized spacial score (nSPS) is 15.2. The van der Waals surface area contributed by atoms with Gasteiger partial charge in [0.05, 0.1) is 20.1 Å². The Kier molecular flexibility index (Phi) is 7.72. The number of benzene rings is 2. The lowest BCUT2D eigenvalue weighted by molar-refractivity contribution is -0.144. The number of carboxylic acids is 1. The van der Waals surface area contributed by atoms with E-state index in [2.05, 4.69) is 15.1 Å². The van der Waals surface area contributed by atoms with Crippen LogP contribution in [0.3, 0.4) is 0 Å². The molecule has 2 aromatic rings. The second-order valence-corrected chi connectivity index (χ2v) is 7.51. The minimum absolute atomic E-state index is 0.0781. The molecule has 0 radical (unpaired) electrons. The van der Waals surface area contributed by atoms with E-state index in [9.17, 15) is 14.7 Å². The van der Waals surface area contributed by atoms with Crippen molar-refractivity contribution in [1.82, 2.24) is 4.90 Å². The summed E-state index contributed by atoms with van der Waals surface area (Å²) in [7, 11) is 3.19. The minimum Gasteiger partial charge on any atom is -0.497 e. The van der Waals surface area contributed by atoms with Crippen molar-refractivity contribution >= 4 is 23.3 Å². The second-order valence-electron chi connectivity index (χ2n) is 7.51. The van der Waals surface area contributed by atoms with Crippen LogP contribution in [0.2, 0.25) is 0 Å². The Hall–Kier alpha value is -3.26. The summed E-state index contributed by atoms with van der Waals surface area (Å²) in [6.45, 7) is 3.43. The van der Waals surface area contributed by atoms with Crippen LogP contribution in [-0.2, 0) is 9.59 Å². The highest BCUT2D eigenvalue weighted by molar-refractivity contribution is 5.93. The van der Waals surface area contributed by atoms with Gasteiger partial charge in [-0.2, -0.15) is 0 Å². The molecule has 1 saturated heterocycles. The number of aliphatic carboxylic acids is 1. The highest BCUT2D eigenvalue weighted by atomic mass is 16.5. The second kappa shape index (κ2) is 10.7. The van der Waals surface area contributed by atoms with Gasteiger partial charge < -0.3 is 24.8 Å². The van der Waals surface area contributed by atoms with Gasteiger partial charge in [0, 0.05) is 56.6 Å². The third-order valence-corrected chi connectivity index (χ3v) is 5.42. The summed E-state index contributed by atoms with van der Waals surface area (Å²) in [5.74, 6) is -0.602. The Labute approximate surface area is 182 Å². The zero-order chi connectivity index (χ0) is 22.2. The number of hydrogen-bond donors (Lipinski definition) is 2. The maximum atomic E-state index is 12.4. The lowest BCUT2D eigenvalue weighted by Crippen LogP contribution is -2.48. The maximum absolute atomic E-state index is 12.4. The predicted molar refractivity (Wildman–Crippen MR) is 119 cm³/mol. The summed E-state index contributed by atoms with van der Waals surface area (Å²) < 4.78 is 10.3. The third kappa shape index (κ3) is 6.36. The van der Waals surface area contributed by atoms with Gasteiger partial charge in [0.2, 0.25) is 5.91 Å². The molecule has 166 valence electrons. The van der Waals surface area contributed by atoms with Crippen LogP contribution in [0.5, 0.6) is 11.5 Å². The molecule has 0 saturated carbocycles. The summed E-state index contributed by atoms with van der Waals surface area (Å²) in [6, 6.07) is 14.9. The predicted octanol–water partition coefficient (Wildman–Crippen LogP) is 2.56. The van der Waals surface area contributed by atoms with Crippen LogP contribution in [0, 0.1) is 5.92 Å². The van der Waals surface area contributed by atoms with Crippen LogP contribution in [0.4, 0.5) is 11.4 Å². The standard InChI is InChI=1S/C23H29N3O5/c1-30-20-8-6-19(7-9-20)26-12-10-25(11-13-26)16-17(23(28)29)14-22(27)24-18-4-3-5-21(15-18)31-2/h3-9,15,17H,10-14,16H2,1-2H3,(H,24,27)(H,28,29)/t17-/m0/s1. The van der Waals surface area contributed by atoms with Crippen molar-refractivity contribution < 1.29 is 24.2 Å². The van der Waals surface area contributed by atoms with E-state index >= 15 is 0 Å². The summed E-state index contributed by atoms with van der Waals surface area (Å²) in [5.41, 5.74) is 1.70. The van der Waals surface area contributed by atoms with Crippen molar-refractivity contribution in [2.45, 2.75) is 6.42 Å². The maximum Gasteiger partial charge on any atom is 0.308 e. The van der Waals surface area contributed by atoms with Crippen LogP contribution in [0.15, 0.2) is 48.5 Å². The van der Waals surface area contributed by atoms with E-state index < -0.39 is 11.9 Å². The number of ether oxygens (including phenoxy) is 2. The van der Waals surface area contributed by atoms with E-state index in [4.69, 9.17) is 9.47 Å². The van der Waals surface area contributed by atoms with Gasteiger partial charge in [-0.1, -0.05) is 6.07 Å². The number of anilines is 2. The van der Waals surface area contributed by atoms with Gasteiger partial charge in [-0.3, -0.25) is 14.5 Å². The fraction of sp³-hybridized carbons (Fsp3) is 0.391. The van der Waals surface area contributed by atoms with Crippen molar-refractivity contribution in [3.8, 4) is 11.5 Å². The summed E-state index contributed by atoms with van der Waals surface area (Å²) in [6.07, 6.45) is -0.0781. The third-order valence-electron chi connectivity index (χ3n) is 5.42. The van der Waals surface area contributed by atoms with Crippen LogP contribution in [-0.4, -0.2) is 68.8 Å². The van der Waals surface area contributed by atoms with E-state index in [0.29, 0.717) is 18.0 Å². The monoisotopic (exact) mass is 427 g/mol. The van der Waals surface area contributed by atoms with Gasteiger partial charge in [-0.15, -0.1) is 0 Å². The number of carboxylic acid groups (broad SMARTS) is 1. The van der Waals surface area contributed by atoms with Crippen LogP contribution < -0.4 is 19.7 Å². The number of hydrogen-bond acceptors (Lipinski definition) is 6. The van der Waals surface area contributed by atoms with Gasteiger partial charge in [0.1, 0.15) is 11.5 Å². The van der Waals surface area contributed by atoms with Crippen LogP contribution >= 0.6 is 0 Å². The molecule has 1 fully saturated rings. The Morgan fingerprint density at radius 1 is 1.00 bits per heavy atom. The van der Waals surface area contributed by atoms with Crippen LogP contribution in [0.25, 0.3) is 0 Å². The molecule has 1 atom stereocenters. The first-order chi connectivity index (χ1) is 15.0. The first-order valence-corrected chi connectivity index (χ1v) is 10.3. The Bertz CT molecular complexity index is 879. The smallest absolute Gasteiger partial charge is 0.308 e. The lowest BCUT2D eigenvalue weighted by atomic mass is 10.0. The van der Waals surface area contributed by atoms with Crippen molar-refractivity contribution in [1.29, 1.82) is 0 Å². The highest BCUT2D eigenvalue weighted by Crippen LogP contribution is 2.21. The van der Waals surface area contributed by atoms with Crippen molar-refractivity contribution in [2.75, 3.05) is 57.2 Å². The fourth-order valence-corrected chi connectivity index (χ4v) is 3.66. The van der Waals surface area contributed by atoms with Gasteiger partial charge in [-0.25, -0.2) is 0 Å². The largest absolute Gasteiger partial charge is 0.497 e. The quantitative estimate of drug-likeness (QED) is 0.635. The number of rotatable bonds is 9. The van der Waals surface area contributed by atoms with E-state index in [1.165, 1.54) is 0 Å². The molecule has 31 heavy (non-hydrogen) atoms. The average Bonchev–Trinajstić information content (AvgIpc) is 2.79. The fourth-order valence-electron chi connectivity index (χ4n) is 3.66. The van der Waals surface area contributed by atoms with Gasteiger partial charge in [0.15, 0.2) is 0 Å². The SMILES string of the molecule is COc1ccc(N2CCN(C[C@H](CC(=O)Nc3cccc(OC)c3)C(=O)O)CC2)cc1. The van der Waals surface area contributed by atoms with Gasteiger partial charge in [-0.05, 0) is 36.4 Å². The van der Waals surface area contributed by atoms with Crippen molar-refractivity contribution in [2.24, 2.45) is 5.92 Å². The molecule has 0 aromatic heterocycles. The molecule has 3 rings (SSSR count). The van der Waals surface area contributed by atoms with Gasteiger partial charge in [0.25, 0.3) is 0 Å².